The number of nitrogens with one attached hydrogen (secondary N) is 1. The average molecular weight is 479 g/mol. The summed E-state index contributed by atoms with van der Waals surface area (Å²) >= 11 is 0. The van der Waals surface area contributed by atoms with E-state index in [1.165, 1.54) is 24.0 Å². The minimum absolute atomic E-state index is 0.183. The van der Waals surface area contributed by atoms with Gasteiger partial charge in [0, 0.05) is 0 Å². The van der Waals surface area contributed by atoms with Crippen LogP contribution in [0.4, 0.5) is 8.78 Å². The Hall–Kier alpha value is -2.36. The molecular weight excluding hydrogens is 450 g/mol. The molecule has 1 saturated carbocycles. The van der Waals surface area contributed by atoms with Crippen LogP contribution >= 0.6 is 0 Å². The Kier molecular flexibility index (Phi) is 6.57. The minimum atomic E-state index is -3.73. The highest BCUT2D eigenvalue weighted by atomic mass is 32.2. The summed E-state index contributed by atoms with van der Waals surface area (Å²) < 4.78 is 55.7. The molecule has 0 spiro atoms. The van der Waals surface area contributed by atoms with Gasteiger partial charge in [-0.1, -0.05) is 36.4 Å². The van der Waals surface area contributed by atoms with Crippen molar-refractivity contribution in [2.75, 3.05) is 12.3 Å². The Morgan fingerprint density at radius 2 is 1.85 bits per heavy atom. The lowest BCUT2D eigenvalue weighted by Crippen LogP contribution is -2.57. The van der Waals surface area contributed by atoms with Crippen LogP contribution in [0.15, 0.2) is 48.5 Å². The number of halogens is 2. The van der Waals surface area contributed by atoms with Crippen molar-refractivity contribution in [2.24, 2.45) is 0 Å². The molecule has 0 unspecified atom stereocenters. The number of benzene rings is 2. The van der Waals surface area contributed by atoms with Gasteiger partial charge < -0.3 is 10.0 Å². The van der Waals surface area contributed by atoms with Gasteiger partial charge in [-0.15, -0.1) is 0 Å². The lowest BCUT2D eigenvalue weighted by molar-refractivity contribution is -0.161. The first-order valence-corrected chi connectivity index (χ1v) is 12.8. The fourth-order valence-corrected chi connectivity index (χ4v) is 5.45. The lowest BCUT2D eigenvalue weighted by atomic mass is 9.79. The summed E-state index contributed by atoms with van der Waals surface area (Å²) in [6.45, 7) is 1.17. The number of amides is 1. The molecule has 2 N–H and O–H groups in total. The number of aliphatic hydroxyl groups is 1. The van der Waals surface area contributed by atoms with E-state index in [4.69, 9.17) is 0 Å². The van der Waals surface area contributed by atoms with E-state index in [0.717, 1.165) is 11.1 Å². The quantitative estimate of drug-likeness (QED) is 0.641. The molecule has 2 aromatic rings. The molecule has 0 aromatic heterocycles. The Morgan fingerprint density at radius 3 is 2.45 bits per heavy atom. The fourth-order valence-electron chi connectivity index (χ4n) is 4.57. The van der Waals surface area contributed by atoms with Crippen LogP contribution in [-0.2, 0) is 21.2 Å². The number of rotatable bonds is 7. The summed E-state index contributed by atoms with van der Waals surface area (Å²) in [5.74, 6) is -1.13. The van der Waals surface area contributed by atoms with E-state index in [9.17, 15) is 22.7 Å². The monoisotopic (exact) mass is 478 g/mol. The smallest absolute Gasteiger partial charge is 0.254 e. The Labute approximate surface area is 192 Å². The fraction of sp³-hybridized carbons (Fsp3) is 0.458. The van der Waals surface area contributed by atoms with Gasteiger partial charge in [0.05, 0.1) is 24.4 Å². The molecule has 1 aliphatic carbocycles. The molecule has 2 aliphatic rings. The van der Waals surface area contributed by atoms with Crippen LogP contribution in [-0.4, -0.2) is 60.5 Å². The molecular formula is C24H28F2N2O4S. The van der Waals surface area contributed by atoms with Crippen LogP contribution in [0.5, 0.6) is 0 Å². The summed E-state index contributed by atoms with van der Waals surface area (Å²) in [6.07, 6.45) is -0.0852. The van der Waals surface area contributed by atoms with Crippen LogP contribution in [0.25, 0.3) is 11.1 Å². The lowest BCUT2D eigenvalue weighted by Gasteiger charge is -2.40. The van der Waals surface area contributed by atoms with Gasteiger partial charge in [-0.2, -0.15) is 0 Å². The largest absolute Gasteiger partial charge is 0.380 e. The third-order valence-corrected chi connectivity index (χ3v) is 8.03. The van der Waals surface area contributed by atoms with Crippen molar-refractivity contribution in [1.29, 1.82) is 0 Å². The number of hydrogen-bond donors (Lipinski definition) is 2. The Morgan fingerprint density at radius 1 is 1.18 bits per heavy atom. The predicted molar refractivity (Wildman–Crippen MR) is 121 cm³/mol. The molecule has 1 amide bonds. The zero-order chi connectivity index (χ0) is 23.8. The van der Waals surface area contributed by atoms with Crippen LogP contribution in [0.3, 0.4) is 0 Å². The van der Waals surface area contributed by atoms with Crippen molar-refractivity contribution < 1.29 is 27.1 Å². The number of alkyl halides is 1. The van der Waals surface area contributed by atoms with Gasteiger partial charge in [0.15, 0.2) is 0 Å². The van der Waals surface area contributed by atoms with Gasteiger partial charge in [-0.05, 0) is 61.4 Å². The molecule has 1 saturated heterocycles. The van der Waals surface area contributed by atoms with Crippen LogP contribution in [0.1, 0.15) is 31.7 Å². The highest BCUT2D eigenvalue weighted by Gasteiger charge is 2.52. The highest BCUT2D eigenvalue weighted by molar-refractivity contribution is 7.89. The van der Waals surface area contributed by atoms with Gasteiger partial charge in [-0.25, -0.2) is 21.9 Å². The molecule has 3 atom stereocenters. The second-order valence-corrected chi connectivity index (χ2v) is 10.9. The summed E-state index contributed by atoms with van der Waals surface area (Å²) in [6, 6.07) is 11.5. The van der Waals surface area contributed by atoms with Crippen molar-refractivity contribution in [2.45, 2.75) is 56.5 Å². The van der Waals surface area contributed by atoms with Crippen molar-refractivity contribution in [3.8, 4) is 11.1 Å². The van der Waals surface area contributed by atoms with Crippen molar-refractivity contribution in [3.63, 3.8) is 0 Å². The highest BCUT2D eigenvalue weighted by Crippen LogP contribution is 2.37. The SMILES string of the molecule is CCS(=O)(=O)N[C@H]1[C@@H](F)CN(C(=O)C2(O)CCC2)[C@H]1Cc1cccc(-c2cccc(F)c2)c1. The first-order valence-electron chi connectivity index (χ1n) is 11.1. The normalized spacial score (nSPS) is 24.5. The first kappa shape index (κ1) is 23.8. The number of sulfonamides is 1. The van der Waals surface area contributed by atoms with Gasteiger partial charge >= 0.3 is 0 Å². The Bertz CT molecular complexity index is 1140. The van der Waals surface area contributed by atoms with E-state index >= 15 is 4.39 Å². The van der Waals surface area contributed by atoms with E-state index in [1.54, 1.807) is 24.3 Å². The molecule has 1 aliphatic heterocycles. The second-order valence-electron chi connectivity index (χ2n) is 8.89. The zero-order valence-corrected chi connectivity index (χ0v) is 19.2. The zero-order valence-electron chi connectivity index (χ0n) is 18.4. The van der Waals surface area contributed by atoms with E-state index in [1.807, 2.05) is 12.1 Å². The number of nitrogens with zero attached hydrogens (tertiary/aromatic N) is 1. The van der Waals surface area contributed by atoms with E-state index < -0.39 is 39.8 Å². The summed E-state index contributed by atoms with van der Waals surface area (Å²) in [4.78, 5) is 14.4. The van der Waals surface area contributed by atoms with Gasteiger partial charge in [0.2, 0.25) is 10.0 Å². The van der Waals surface area contributed by atoms with Crippen molar-refractivity contribution in [1.82, 2.24) is 9.62 Å². The van der Waals surface area contributed by atoms with Crippen molar-refractivity contribution >= 4 is 15.9 Å². The van der Waals surface area contributed by atoms with Gasteiger partial charge in [0.25, 0.3) is 5.91 Å². The molecule has 178 valence electrons. The molecule has 6 nitrogen and oxygen atoms in total. The molecule has 4 rings (SSSR count). The van der Waals surface area contributed by atoms with Crippen molar-refractivity contribution in [3.05, 3.63) is 59.9 Å². The first-order chi connectivity index (χ1) is 15.6. The third-order valence-electron chi connectivity index (χ3n) is 6.64. The van der Waals surface area contributed by atoms with Gasteiger partial charge in [-0.3, -0.25) is 4.79 Å². The predicted octanol–water partition coefficient (Wildman–Crippen LogP) is 2.81. The molecule has 1 heterocycles. The molecule has 0 bridgehead atoms. The summed E-state index contributed by atoms with van der Waals surface area (Å²) in [5.41, 5.74) is 0.657. The molecule has 33 heavy (non-hydrogen) atoms. The number of carbonyl (C=O) groups is 1. The van der Waals surface area contributed by atoms with E-state index in [2.05, 4.69) is 4.72 Å². The maximum atomic E-state index is 15.1. The molecule has 2 fully saturated rings. The number of likely N-dealkylation sites (tertiary alicyclic amines) is 1. The van der Waals surface area contributed by atoms with E-state index in [0.29, 0.717) is 24.8 Å². The number of hydrogen-bond acceptors (Lipinski definition) is 4. The topological polar surface area (TPSA) is 86.7 Å². The third kappa shape index (κ3) is 4.95. The standard InChI is InChI=1S/C24H28F2N2O4S/c1-2-33(31,32)27-22-20(26)15-28(23(29)24(30)10-5-11-24)21(22)13-16-6-3-7-17(12-16)18-8-4-9-19(25)14-18/h3-4,6-9,12,14,20-22,27,30H,2,5,10-11,13,15H2,1H3/t20-,21-,22-/m0/s1. The van der Waals surface area contributed by atoms with Gasteiger partial charge in [0.1, 0.15) is 17.6 Å². The summed E-state index contributed by atoms with van der Waals surface area (Å²) in [5, 5.41) is 10.6. The van der Waals surface area contributed by atoms with Crippen LogP contribution in [0.2, 0.25) is 0 Å². The molecule has 9 heteroatoms. The van der Waals surface area contributed by atoms with Crippen LogP contribution < -0.4 is 4.72 Å². The average Bonchev–Trinajstić information content (AvgIpc) is 3.06. The summed E-state index contributed by atoms with van der Waals surface area (Å²) in [7, 11) is -3.73. The maximum absolute atomic E-state index is 15.1. The minimum Gasteiger partial charge on any atom is -0.380 e. The van der Waals surface area contributed by atoms with E-state index in [-0.39, 0.29) is 24.5 Å². The maximum Gasteiger partial charge on any atom is 0.254 e. The number of carbonyl (C=O) groups excluding carboxylic acids is 1. The Balaban J connectivity index is 1.65. The molecule has 2 aromatic carbocycles. The van der Waals surface area contributed by atoms with Crippen LogP contribution in [0, 0.1) is 5.82 Å². The second kappa shape index (κ2) is 9.12. The molecule has 0 radical (unpaired) electrons.